The van der Waals surface area contributed by atoms with Gasteiger partial charge in [0.25, 0.3) is 0 Å². The van der Waals surface area contributed by atoms with Gasteiger partial charge in [-0.15, -0.1) is 0 Å². The van der Waals surface area contributed by atoms with Gasteiger partial charge in [-0.25, -0.2) is 0 Å². The number of benzene rings is 1. The molecule has 8 heteroatoms. The van der Waals surface area contributed by atoms with Crippen molar-refractivity contribution in [3.8, 4) is 11.3 Å². The summed E-state index contributed by atoms with van der Waals surface area (Å²) < 4.78 is 11.1. The molecule has 1 aromatic carbocycles. The highest BCUT2D eigenvalue weighted by Crippen LogP contribution is 2.41. The molecule has 2 aromatic heterocycles. The molecule has 1 N–H and O–H groups in total. The zero-order valence-corrected chi connectivity index (χ0v) is 19.4. The number of furan rings is 1. The lowest BCUT2D eigenvalue weighted by Crippen LogP contribution is -2.30. The molecule has 0 unspecified atom stereocenters. The van der Waals surface area contributed by atoms with Crippen LogP contribution in [0.2, 0.25) is 5.02 Å². The van der Waals surface area contributed by atoms with Gasteiger partial charge in [-0.05, 0) is 67.5 Å². The number of esters is 1. The first kappa shape index (κ1) is 22.3. The molecular weight excluding hydrogens is 446 g/mol. The number of hydrogen-bond acceptors (Lipinski definition) is 5. The molecule has 0 saturated carbocycles. The molecule has 0 amide bonds. The number of thiocarbonyl (C=S) groups is 1. The van der Waals surface area contributed by atoms with Crippen LogP contribution < -0.4 is 5.32 Å². The summed E-state index contributed by atoms with van der Waals surface area (Å²) in [6.45, 7) is 2.61. The first-order valence-electron chi connectivity index (χ1n) is 10.4. The summed E-state index contributed by atoms with van der Waals surface area (Å²) in [6.07, 6.45) is 2.70. The molecule has 0 radical (unpaired) electrons. The van der Waals surface area contributed by atoms with E-state index >= 15 is 0 Å². The smallest absolute Gasteiger partial charge is 0.305 e. The zero-order valence-electron chi connectivity index (χ0n) is 17.9. The lowest BCUT2D eigenvalue weighted by atomic mass is 10.0. The van der Waals surface area contributed by atoms with Crippen LogP contribution >= 0.6 is 23.8 Å². The molecule has 1 aliphatic heterocycles. The molecule has 4 rings (SSSR count). The van der Waals surface area contributed by atoms with Gasteiger partial charge in [0, 0.05) is 29.7 Å². The Hall–Kier alpha value is -2.90. The van der Waals surface area contributed by atoms with Gasteiger partial charge in [-0.2, -0.15) is 0 Å². The molecule has 1 saturated heterocycles. The number of hydrogen-bond donors (Lipinski definition) is 1. The van der Waals surface area contributed by atoms with Crippen LogP contribution in [-0.2, 0) is 9.53 Å². The number of nitrogens with zero attached hydrogens (tertiary/aromatic N) is 2. The van der Waals surface area contributed by atoms with Crippen LogP contribution in [0, 0.1) is 6.92 Å². The second-order valence-corrected chi connectivity index (χ2v) is 8.48. The van der Waals surface area contributed by atoms with Gasteiger partial charge in [0.15, 0.2) is 5.11 Å². The Morgan fingerprint density at radius 3 is 2.88 bits per heavy atom. The summed E-state index contributed by atoms with van der Waals surface area (Å²) in [6, 6.07) is 15.1. The SMILES string of the molecule is COC(=O)CCCN1C(=S)N[C@H](c2ccccn2)[C@H]1c1ccc(-c2cc(Cl)ccc2C)o1. The summed E-state index contributed by atoms with van der Waals surface area (Å²) in [5, 5.41) is 4.65. The van der Waals surface area contributed by atoms with E-state index in [0.29, 0.717) is 29.5 Å². The maximum Gasteiger partial charge on any atom is 0.305 e. The Kier molecular flexibility index (Phi) is 6.77. The number of aromatic nitrogens is 1. The number of ether oxygens (including phenoxy) is 1. The average molecular weight is 470 g/mol. The molecule has 0 bridgehead atoms. The quantitative estimate of drug-likeness (QED) is 0.375. The number of carbonyl (C=O) groups excluding carboxylic acids is 1. The fourth-order valence-corrected chi connectivity index (χ4v) is 4.47. The second-order valence-electron chi connectivity index (χ2n) is 7.66. The van der Waals surface area contributed by atoms with E-state index in [-0.39, 0.29) is 18.1 Å². The van der Waals surface area contributed by atoms with Crippen LogP contribution in [0.3, 0.4) is 0 Å². The normalized spacial score (nSPS) is 18.0. The van der Waals surface area contributed by atoms with E-state index in [9.17, 15) is 4.79 Å². The van der Waals surface area contributed by atoms with Gasteiger partial charge in [0.1, 0.15) is 17.6 Å². The average Bonchev–Trinajstić information content (AvgIpc) is 3.40. The molecule has 0 spiro atoms. The Morgan fingerprint density at radius 2 is 2.12 bits per heavy atom. The fraction of sp³-hybridized carbons (Fsp3) is 0.292. The van der Waals surface area contributed by atoms with Crippen molar-refractivity contribution < 1.29 is 13.9 Å². The van der Waals surface area contributed by atoms with Crippen molar-refractivity contribution in [3.63, 3.8) is 0 Å². The minimum Gasteiger partial charge on any atom is -0.469 e. The highest BCUT2D eigenvalue weighted by molar-refractivity contribution is 7.80. The Labute approximate surface area is 197 Å². The minimum absolute atomic E-state index is 0.179. The molecule has 3 aromatic rings. The molecule has 1 fully saturated rings. The second kappa shape index (κ2) is 9.71. The maximum absolute atomic E-state index is 11.6. The van der Waals surface area contributed by atoms with E-state index in [1.807, 2.05) is 55.5 Å². The van der Waals surface area contributed by atoms with Crippen LogP contribution in [0.25, 0.3) is 11.3 Å². The predicted octanol–water partition coefficient (Wildman–Crippen LogP) is 5.23. The summed E-state index contributed by atoms with van der Waals surface area (Å²) in [5.74, 6) is 1.27. The van der Waals surface area contributed by atoms with Crippen molar-refractivity contribution in [1.29, 1.82) is 0 Å². The summed E-state index contributed by atoms with van der Waals surface area (Å²) in [7, 11) is 1.40. The van der Waals surface area contributed by atoms with Crippen molar-refractivity contribution in [2.24, 2.45) is 0 Å². The van der Waals surface area contributed by atoms with Gasteiger partial charge in [-0.3, -0.25) is 9.78 Å². The Bertz CT molecular complexity index is 1120. The predicted molar refractivity (Wildman–Crippen MR) is 127 cm³/mol. The van der Waals surface area contributed by atoms with Gasteiger partial charge >= 0.3 is 5.97 Å². The number of rotatable bonds is 7. The Morgan fingerprint density at radius 1 is 1.28 bits per heavy atom. The van der Waals surface area contributed by atoms with Gasteiger partial charge in [0.2, 0.25) is 0 Å². The third-order valence-corrected chi connectivity index (χ3v) is 6.18. The van der Waals surface area contributed by atoms with E-state index in [1.165, 1.54) is 7.11 Å². The van der Waals surface area contributed by atoms with Crippen molar-refractivity contribution in [3.05, 3.63) is 76.8 Å². The third-order valence-electron chi connectivity index (χ3n) is 5.59. The maximum atomic E-state index is 11.6. The summed E-state index contributed by atoms with van der Waals surface area (Å²) >= 11 is 11.9. The minimum atomic E-state index is -0.238. The van der Waals surface area contributed by atoms with Crippen LogP contribution in [0.5, 0.6) is 0 Å². The molecule has 3 heterocycles. The molecule has 32 heavy (non-hydrogen) atoms. The van der Waals surface area contributed by atoms with E-state index in [2.05, 4.69) is 15.2 Å². The van der Waals surface area contributed by atoms with Crippen LogP contribution in [-0.4, -0.2) is 34.6 Å². The number of nitrogens with one attached hydrogen (secondary N) is 1. The highest BCUT2D eigenvalue weighted by Gasteiger charge is 2.41. The number of aryl methyl sites for hydroxylation is 1. The van der Waals surface area contributed by atoms with E-state index in [1.54, 1.807) is 6.20 Å². The van der Waals surface area contributed by atoms with E-state index < -0.39 is 0 Å². The van der Waals surface area contributed by atoms with Crippen LogP contribution in [0.15, 0.2) is 59.1 Å². The number of pyridine rings is 1. The number of methoxy groups -OCH3 is 1. The fourth-order valence-electron chi connectivity index (χ4n) is 3.97. The zero-order chi connectivity index (χ0) is 22.7. The van der Waals surface area contributed by atoms with Crippen LogP contribution in [0.1, 0.15) is 41.9 Å². The van der Waals surface area contributed by atoms with Gasteiger partial charge in [-0.1, -0.05) is 23.7 Å². The number of halogens is 1. The molecule has 2 atom stereocenters. The van der Waals surface area contributed by atoms with Gasteiger partial charge < -0.3 is 19.4 Å². The topological polar surface area (TPSA) is 67.6 Å². The summed E-state index contributed by atoms with van der Waals surface area (Å²) in [5.41, 5.74) is 2.89. The largest absolute Gasteiger partial charge is 0.469 e. The first-order valence-corrected chi connectivity index (χ1v) is 11.2. The van der Waals surface area contributed by atoms with Crippen molar-refractivity contribution in [2.75, 3.05) is 13.7 Å². The molecule has 166 valence electrons. The first-order chi connectivity index (χ1) is 15.5. The highest BCUT2D eigenvalue weighted by atomic mass is 35.5. The van der Waals surface area contributed by atoms with Gasteiger partial charge in [0.05, 0.1) is 18.8 Å². The van der Waals surface area contributed by atoms with Crippen molar-refractivity contribution in [1.82, 2.24) is 15.2 Å². The lowest BCUT2D eigenvalue weighted by molar-refractivity contribution is -0.140. The molecule has 6 nitrogen and oxygen atoms in total. The number of carbonyl (C=O) groups is 1. The van der Waals surface area contributed by atoms with Crippen LogP contribution in [0.4, 0.5) is 0 Å². The van der Waals surface area contributed by atoms with Crippen molar-refractivity contribution >= 4 is 34.9 Å². The van der Waals surface area contributed by atoms with E-state index in [4.69, 9.17) is 33.0 Å². The summed E-state index contributed by atoms with van der Waals surface area (Å²) in [4.78, 5) is 18.2. The van der Waals surface area contributed by atoms with Crippen molar-refractivity contribution in [2.45, 2.75) is 31.8 Å². The molecular formula is C24H24ClN3O3S. The lowest BCUT2D eigenvalue weighted by Gasteiger charge is -2.26. The Balaban J connectivity index is 1.67. The monoisotopic (exact) mass is 469 g/mol. The third kappa shape index (κ3) is 4.64. The molecule has 1 aliphatic rings. The van der Waals surface area contributed by atoms with E-state index in [0.717, 1.165) is 28.3 Å². The standard InChI is InChI=1S/C24H24ClN3O3S/c1-15-8-9-16(25)14-17(15)19-10-11-20(31-19)23-22(18-6-3-4-12-26-18)27-24(32)28(23)13-5-7-21(29)30-2/h3-4,6,8-12,14,22-23H,5,7,13H2,1-2H3,(H,27,32)/t22-,23-/m1/s1. The molecule has 0 aliphatic carbocycles.